The summed E-state index contributed by atoms with van der Waals surface area (Å²) < 4.78 is 13.3. The zero-order valence-corrected chi connectivity index (χ0v) is 14.7. The monoisotopic (exact) mass is 362 g/mol. The molecule has 25 heavy (non-hydrogen) atoms. The fourth-order valence-corrected chi connectivity index (χ4v) is 2.59. The largest absolute Gasteiger partial charge is 0.356 e. The highest BCUT2D eigenvalue weighted by molar-refractivity contribution is 6.31. The summed E-state index contributed by atoms with van der Waals surface area (Å²) in [6, 6.07) is 13.9. The number of hydrogen-bond acceptors (Lipinski definition) is 2. The van der Waals surface area contributed by atoms with Crippen molar-refractivity contribution in [1.29, 1.82) is 0 Å². The summed E-state index contributed by atoms with van der Waals surface area (Å²) in [5.41, 5.74) is 1.62. The van der Waals surface area contributed by atoms with E-state index < -0.39 is 5.82 Å². The summed E-state index contributed by atoms with van der Waals surface area (Å²) in [7, 11) is 0. The molecule has 0 unspecified atom stereocenters. The fourth-order valence-electron chi connectivity index (χ4n) is 2.41. The molecule has 0 heterocycles. The van der Waals surface area contributed by atoms with Gasteiger partial charge in [0, 0.05) is 32.1 Å². The number of halogens is 2. The molecule has 0 aromatic heterocycles. The minimum atomic E-state index is -0.549. The van der Waals surface area contributed by atoms with E-state index in [1.807, 2.05) is 30.3 Å². The maximum absolute atomic E-state index is 13.3. The second-order valence-corrected chi connectivity index (χ2v) is 6.01. The molecule has 0 saturated heterocycles. The lowest BCUT2D eigenvalue weighted by Crippen LogP contribution is -2.34. The summed E-state index contributed by atoms with van der Waals surface area (Å²) in [6.07, 6.45) is 0.903. The lowest BCUT2D eigenvalue weighted by molar-refractivity contribution is -0.121. The molecule has 2 aromatic carbocycles. The van der Waals surface area contributed by atoms with Crippen LogP contribution in [-0.2, 0) is 16.0 Å². The van der Waals surface area contributed by atoms with Crippen molar-refractivity contribution in [2.24, 2.45) is 0 Å². The van der Waals surface area contributed by atoms with Gasteiger partial charge in [-0.1, -0.05) is 41.9 Å². The zero-order chi connectivity index (χ0) is 18.2. The van der Waals surface area contributed by atoms with Crippen LogP contribution in [0.5, 0.6) is 0 Å². The third-order valence-electron chi connectivity index (χ3n) is 3.74. The van der Waals surface area contributed by atoms with Crippen LogP contribution in [0.1, 0.15) is 18.9 Å². The molecule has 6 heteroatoms. The first kappa shape index (κ1) is 18.9. The van der Waals surface area contributed by atoms with E-state index in [0.717, 1.165) is 12.0 Å². The van der Waals surface area contributed by atoms with Gasteiger partial charge in [-0.05, 0) is 30.2 Å². The van der Waals surface area contributed by atoms with E-state index in [-0.39, 0.29) is 29.8 Å². The molecule has 0 atom stereocenters. The Morgan fingerprint density at radius 2 is 1.88 bits per heavy atom. The van der Waals surface area contributed by atoms with Gasteiger partial charge in [0.2, 0.25) is 11.8 Å². The van der Waals surface area contributed by atoms with Gasteiger partial charge in [-0.15, -0.1) is 0 Å². The number of benzene rings is 2. The first-order chi connectivity index (χ1) is 12.0. The van der Waals surface area contributed by atoms with E-state index in [1.54, 1.807) is 0 Å². The fraction of sp³-hybridized carbons (Fsp3) is 0.263. The third-order valence-corrected chi connectivity index (χ3v) is 4.03. The molecule has 0 bridgehead atoms. The van der Waals surface area contributed by atoms with Crippen molar-refractivity contribution in [1.82, 2.24) is 5.32 Å². The number of carbonyl (C=O) groups is 2. The Kier molecular flexibility index (Phi) is 6.95. The molecule has 0 aliphatic carbocycles. The van der Waals surface area contributed by atoms with Gasteiger partial charge in [0.05, 0.1) is 5.02 Å². The van der Waals surface area contributed by atoms with Gasteiger partial charge in [-0.2, -0.15) is 0 Å². The van der Waals surface area contributed by atoms with Crippen molar-refractivity contribution in [2.45, 2.75) is 19.8 Å². The highest BCUT2D eigenvalue weighted by Crippen LogP contribution is 2.23. The summed E-state index contributed by atoms with van der Waals surface area (Å²) >= 11 is 5.76. The molecule has 1 N–H and O–H groups in total. The zero-order valence-electron chi connectivity index (χ0n) is 14.0. The van der Waals surface area contributed by atoms with E-state index in [0.29, 0.717) is 12.2 Å². The van der Waals surface area contributed by atoms with Crippen molar-refractivity contribution >= 4 is 29.1 Å². The highest BCUT2D eigenvalue weighted by atomic mass is 35.5. The summed E-state index contributed by atoms with van der Waals surface area (Å²) in [4.78, 5) is 25.2. The highest BCUT2D eigenvalue weighted by Gasteiger charge is 2.14. The van der Waals surface area contributed by atoms with Crippen LogP contribution in [0.15, 0.2) is 48.5 Å². The Labute approximate surface area is 151 Å². The van der Waals surface area contributed by atoms with E-state index in [4.69, 9.17) is 11.6 Å². The molecule has 0 saturated carbocycles. The predicted octanol–water partition coefficient (Wildman–Crippen LogP) is 3.58. The average Bonchev–Trinajstić information content (AvgIpc) is 2.59. The smallest absolute Gasteiger partial charge is 0.223 e. The van der Waals surface area contributed by atoms with Crippen molar-refractivity contribution in [3.63, 3.8) is 0 Å². The average molecular weight is 363 g/mol. The van der Waals surface area contributed by atoms with Gasteiger partial charge in [-0.3, -0.25) is 9.59 Å². The van der Waals surface area contributed by atoms with Crippen molar-refractivity contribution in [2.75, 3.05) is 18.0 Å². The molecule has 2 amide bonds. The molecule has 132 valence electrons. The van der Waals surface area contributed by atoms with E-state index in [2.05, 4.69) is 5.32 Å². The normalized spacial score (nSPS) is 10.4. The van der Waals surface area contributed by atoms with Crippen LogP contribution in [0.2, 0.25) is 5.02 Å². The standard InChI is InChI=1S/C19H20ClFN2O2/c1-14(24)23(16-7-8-18(21)17(20)13-16)12-10-19(25)22-11-9-15-5-3-2-4-6-15/h2-8,13H,9-12H2,1H3,(H,22,25). The number of nitrogens with zero attached hydrogens (tertiary/aromatic N) is 1. The van der Waals surface area contributed by atoms with Gasteiger partial charge in [0.25, 0.3) is 0 Å². The number of hydrogen-bond donors (Lipinski definition) is 1. The number of rotatable bonds is 7. The summed E-state index contributed by atoms with van der Waals surface area (Å²) in [6.45, 7) is 2.13. The Balaban J connectivity index is 1.84. The van der Waals surface area contributed by atoms with Crippen LogP contribution in [-0.4, -0.2) is 24.9 Å². The van der Waals surface area contributed by atoms with Crippen LogP contribution in [0.25, 0.3) is 0 Å². The molecule has 2 rings (SSSR count). The van der Waals surface area contributed by atoms with Crippen LogP contribution in [0.4, 0.5) is 10.1 Å². The Hall–Kier alpha value is -2.40. The SMILES string of the molecule is CC(=O)N(CCC(=O)NCCc1ccccc1)c1ccc(F)c(Cl)c1. The summed E-state index contributed by atoms with van der Waals surface area (Å²) in [5.74, 6) is -0.928. The molecular formula is C19H20ClFN2O2. The molecule has 0 aliphatic rings. The molecular weight excluding hydrogens is 343 g/mol. The van der Waals surface area contributed by atoms with Gasteiger partial charge < -0.3 is 10.2 Å². The predicted molar refractivity (Wildman–Crippen MR) is 97.2 cm³/mol. The number of anilines is 1. The van der Waals surface area contributed by atoms with Crippen LogP contribution < -0.4 is 10.2 Å². The first-order valence-corrected chi connectivity index (χ1v) is 8.39. The van der Waals surface area contributed by atoms with Crippen molar-refractivity contribution in [3.8, 4) is 0 Å². The Morgan fingerprint density at radius 1 is 1.16 bits per heavy atom. The van der Waals surface area contributed by atoms with Crippen LogP contribution in [0, 0.1) is 5.82 Å². The number of amides is 2. The molecule has 4 nitrogen and oxygen atoms in total. The number of carbonyl (C=O) groups excluding carboxylic acids is 2. The maximum atomic E-state index is 13.3. The van der Waals surface area contributed by atoms with E-state index >= 15 is 0 Å². The maximum Gasteiger partial charge on any atom is 0.223 e. The van der Waals surface area contributed by atoms with Gasteiger partial charge in [0.1, 0.15) is 5.82 Å². The minimum absolute atomic E-state index is 0.0592. The molecule has 0 fully saturated rings. The molecule has 2 aromatic rings. The minimum Gasteiger partial charge on any atom is -0.356 e. The van der Waals surface area contributed by atoms with E-state index in [1.165, 1.54) is 30.0 Å². The van der Waals surface area contributed by atoms with Crippen LogP contribution in [0.3, 0.4) is 0 Å². The Morgan fingerprint density at radius 3 is 2.52 bits per heavy atom. The second kappa shape index (κ2) is 9.18. The summed E-state index contributed by atoms with van der Waals surface area (Å²) in [5, 5.41) is 2.78. The van der Waals surface area contributed by atoms with E-state index in [9.17, 15) is 14.0 Å². The van der Waals surface area contributed by atoms with Crippen molar-refractivity contribution in [3.05, 3.63) is 64.9 Å². The third kappa shape index (κ3) is 5.87. The Bertz CT molecular complexity index is 737. The molecule has 0 radical (unpaired) electrons. The van der Waals surface area contributed by atoms with Crippen molar-refractivity contribution < 1.29 is 14.0 Å². The van der Waals surface area contributed by atoms with Crippen LogP contribution >= 0.6 is 11.6 Å². The quantitative estimate of drug-likeness (QED) is 0.818. The molecule has 0 aliphatic heterocycles. The lowest BCUT2D eigenvalue weighted by atomic mass is 10.1. The van der Waals surface area contributed by atoms with Gasteiger partial charge in [-0.25, -0.2) is 4.39 Å². The lowest BCUT2D eigenvalue weighted by Gasteiger charge is -2.21. The second-order valence-electron chi connectivity index (χ2n) is 5.60. The van der Waals surface area contributed by atoms with Gasteiger partial charge >= 0.3 is 0 Å². The topological polar surface area (TPSA) is 49.4 Å². The number of nitrogens with one attached hydrogen (secondary N) is 1. The van der Waals surface area contributed by atoms with Gasteiger partial charge in [0.15, 0.2) is 0 Å². The molecule has 0 spiro atoms. The first-order valence-electron chi connectivity index (χ1n) is 8.01.